The highest BCUT2D eigenvalue weighted by atomic mass is 16.5. The fraction of sp³-hybridized carbons (Fsp3) is 0.316. The third-order valence-corrected chi connectivity index (χ3v) is 3.77. The standard InChI is InChI=1S/C19H23NO3/c1-19(20,13-12-15-8-10-17(22-2)11-9-15)18(21)23-14-16-6-4-3-5-7-16/h3-11H,12-14,20H2,1-2H3. The molecule has 4 nitrogen and oxygen atoms in total. The molecule has 2 aromatic carbocycles. The van der Waals surface area contributed by atoms with Crippen LogP contribution in [0.5, 0.6) is 5.75 Å². The second-order valence-electron chi connectivity index (χ2n) is 5.83. The van der Waals surface area contributed by atoms with Crippen molar-refractivity contribution in [1.29, 1.82) is 0 Å². The summed E-state index contributed by atoms with van der Waals surface area (Å²) in [6.45, 7) is 1.96. The third-order valence-electron chi connectivity index (χ3n) is 3.77. The number of carbonyl (C=O) groups excluding carboxylic acids is 1. The Morgan fingerprint density at radius 3 is 2.30 bits per heavy atom. The average molecular weight is 313 g/mol. The van der Waals surface area contributed by atoms with Crippen LogP contribution in [0.2, 0.25) is 0 Å². The molecular formula is C19H23NO3. The van der Waals surface area contributed by atoms with Gasteiger partial charge in [0.1, 0.15) is 17.9 Å². The Hall–Kier alpha value is -2.33. The fourth-order valence-corrected chi connectivity index (χ4v) is 2.19. The maximum Gasteiger partial charge on any atom is 0.326 e. The Morgan fingerprint density at radius 2 is 1.70 bits per heavy atom. The zero-order valence-electron chi connectivity index (χ0n) is 13.6. The molecule has 1 unspecified atom stereocenters. The monoisotopic (exact) mass is 313 g/mol. The second-order valence-corrected chi connectivity index (χ2v) is 5.83. The molecule has 0 heterocycles. The van der Waals surface area contributed by atoms with Gasteiger partial charge in [0.2, 0.25) is 0 Å². The van der Waals surface area contributed by atoms with Crippen molar-refractivity contribution in [3.63, 3.8) is 0 Å². The molecule has 0 aliphatic carbocycles. The van der Waals surface area contributed by atoms with Gasteiger partial charge >= 0.3 is 5.97 Å². The lowest BCUT2D eigenvalue weighted by Gasteiger charge is -2.22. The largest absolute Gasteiger partial charge is 0.497 e. The molecule has 0 saturated heterocycles. The number of ether oxygens (including phenoxy) is 2. The summed E-state index contributed by atoms with van der Waals surface area (Å²) in [5, 5.41) is 0. The van der Waals surface area contributed by atoms with E-state index in [0.29, 0.717) is 12.8 Å². The Bertz CT molecular complexity index is 621. The summed E-state index contributed by atoms with van der Waals surface area (Å²) in [6, 6.07) is 17.3. The highest BCUT2D eigenvalue weighted by molar-refractivity contribution is 5.80. The molecule has 122 valence electrons. The van der Waals surface area contributed by atoms with Gasteiger partial charge in [-0.1, -0.05) is 42.5 Å². The van der Waals surface area contributed by atoms with Crippen molar-refractivity contribution in [2.45, 2.75) is 31.9 Å². The molecule has 0 amide bonds. The van der Waals surface area contributed by atoms with Crippen LogP contribution in [0.15, 0.2) is 54.6 Å². The minimum atomic E-state index is -1.01. The number of aryl methyl sites for hydroxylation is 1. The number of methoxy groups -OCH3 is 1. The van der Waals surface area contributed by atoms with E-state index in [-0.39, 0.29) is 12.6 Å². The number of esters is 1. The first kappa shape index (κ1) is 17.0. The summed E-state index contributed by atoms with van der Waals surface area (Å²) >= 11 is 0. The van der Waals surface area contributed by atoms with Gasteiger partial charge in [-0.2, -0.15) is 0 Å². The minimum Gasteiger partial charge on any atom is -0.497 e. The van der Waals surface area contributed by atoms with E-state index < -0.39 is 5.54 Å². The van der Waals surface area contributed by atoms with Gasteiger partial charge in [0, 0.05) is 0 Å². The minimum absolute atomic E-state index is 0.245. The normalized spacial score (nSPS) is 13.2. The van der Waals surface area contributed by atoms with Gasteiger partial charge in [0.15, 0.2) is 0 Å². The number of nitrogens with two attached hydrogens (primary N) is 1. The van der Waals surface area contributed by atoms with E-state index in [0.717, 1.165) is 16.9 Å². The maximum atomic E-state index is 12.2. The Labute approximate surface area is 137 Å². The number of hydrogen-bond acceptors (Lipinski definition) is 4. The molecule has 0 spiro atoms. The molecule has 0 fully saturated rings. The molecule has 23 heavy (non-hydrogen) atoms. The van der Waals surface area contributed by atoms with Crippen LogP contribution in [0.25, 0.3) is 0 Å². The van der Waals surface area contributed by atoms with Crippen molar-refractivity contribution in [2.75, 3.05) is 7.11 Å². The molecule has 2 aromatic rings. The topological polar surface area (TPSA) is 61.5 Å². The molecule has 0 aromatic heterocycles. The van der Waals surface area contributed by atoms with Crippen LogP contribution in [0, 0.1) is 0 Å². The summed E-state index contributed by atoms with van der Waals surface area (Å²) in [4.78, 5) is 12.2. The Balaban J connectivity index is 1.85. The summed E-state index contributed by atoms with van der Waals surface area (Å²) in [5.41, 5.74) is 7.18. The lowest BCUT2D eigenvalue weighted by molar-refractivity contribution is -0.151. The highest BCUT2D eigenvalue weighted by Gasteiger charge is 2.29. The lowest BCUT2D eigenvalue weighted by Crippen LogP contribution is -2.46. The van der Waals surface area contributed by atoms with Gasteiger partial charge in [-0.3, -0.25) is 4.79 Å². The number of benzene rings is 2. The molecule has 0 aliphatic heterocycles. The first-order valence-corrected chi connectivity index (χ1v) is 7.64. The SMILES string of the molecule is COc1ccc(CCC(C)(N)C(=O)OCc2ccccc2)cc1. The van der Waals surface area contributed by atoms with Gasteiger partial charge < -0.3 is 15.2 Å². The van der Waals surface area contributed by atoms with Crippen molar-refractivity contribution in [3.8, 4) is 5.75 Å². The third kappa shape index (κ3) is 5.11. The molecule has 2 rings (SSSR count). The molecule has 0 aliphatic rings. The van der Waals surface area contributed by atoms with Gasteiger partial charge in [-0.15, -0.1) is 0 Å². The van der Waals surface area contributed by atoms with Gasteiger partial charge in [0.25, 0.3) is 0 Å². The maximum absolute atomic E-state index is 12.2. The zero-order valence-corrected chi connectivity index (χ0v) is 13.6. The van der Waals surface area contributed by atoms with Crippen LogP contribution in [0.4, 0.5) is 0 Å². The molecule has 2 N–H and O–H groups in total. The highest BCUT2D eigenvalue weighted by Crippen LogP contribution is 2.17. The van der Waals surface area contributed by atoms with Crippen molar-refractivity contribution in [2.24, 2.45) is 5.73 Å². The zero-order chi connectivity index (χ0) is 16.7. The van der Waals surface area contributed by atoms with Crippen molar-refractivity contribution >= 4 is 5.97 Å². The first-order chi connectivity index (χ1) is 11.0. The Morgan fingerprint density at radius 1 is 1.04 bits per heavy atom. The second kappa shape index (κ2) is 7.79. The fourth-order valence-electron chi connectivity index (χ4n) is 2.19. The van der Waals surface area contributed by atoms with E-state index in [4.69, 9.17) is 15.2 Å². The van der Waals surface area contributed by atoms with Crippen LogP contribution < -0.4 is 10.5 Å². The van der Waals surface area contributed by atoms with Gasteiger partial charge in [0.05, 0.1) is 7.11 Å². The van der Waals surface area contributed by atoms with E-state index in [2.05, 4.69) is 0 Å². The summed E-state index contributed by atoms with van der Waals surface area (Å²) in [6.07, 6.45) is 1.23. The first-order valence-electron chi connectivity index (χ1n) is 7.64. The molecule has 0 bridgehead atoms. The van der Waals surface area contributed by atoms with Crippen LogP contribution in [0.1, 0.15) is 24.5 Å². The predicted octanol–water partition coefficient (Wildman–Crippen LogP) is 3.09. The van der Waals surface area contributed by atoms with E-state index in [1.807, 2.05) is 54.6 Å². The van der Waals surface area contributed by atoms with Gasteiger partial charge in [-0.25, -0.2) is 0 Å². The average Bonchev–Trinajstić information content (AvgIpc) is 2.59. The van der Waals surface area contributed by atoms with Crippen LogP contribution in [-0.4, -0.2) is 18.6 Å². The number of carbonyl (C=O) groups is 1. The van der Waals surface area contributed by atoms with Crippen LogP contribution in [0.3, 0.4) is 0 Å². The van der Waals surface area contributed by atoms with E-state index in [1.165, 1.54) is 0 Å². The van der Waals surface area contributed by atoms with Gasteiger partial charge in [-0.05, 0) is 43.0 Å². The van der Waals surface area contributed by atoms with E-state index in [9.17, 15) is 4.79 Å². The molecular weight excluding hydrogens is 290 g/mol. The summed E-state index contributed by atoms with van der Waals surface area (Å²) in [7, 11) is 1.63. The molecule has 0 radical (unpaired) electrons. The lowest BCUT2D eigenvalue weighted by atomic mass is 9.94. The molecule has 0 saturated carbocycles. The number of rotatable bonds is 7. The van der Waals surface area contributed by atoms with Crippen molar-refractivity contribution in [1.82, 2.24) is 0 Å². The predicted molar refractivity (Wildman–Crippen MR) is 90.1 cm³/mol. The van der Waals surface area contributed by atoms with E-state index in [1.54, 1.807) is 14.0 Å². The van der Waals surface area contributed by atoms with E-state index >= 15 is 0 Å². The summed E-state index contributed by atoms with van der Waals surface area (Å²) < 4.78 is 10.5. The Kier molecular flexibility index (Phi) is 5.77. The molecule has 4 heteroatoms. The smallest absolute Gasteiger partial charge is 0.326 e. The van der Waals surface area contributed by atoms with Crippen molar-refractivity contribution < 1.29 is 14.3 Å². The quantitative estimate of drug-likeness (QED) is 0.798. The summed E-state index contributed by atoms with van der Waals surface area (Å²) in [5.74, 6) is 0.432. The molecule has 1 atom stereocenters. The number of hydrogen-bond donors (Lipinski definition) is 1. The van der Waals surface area contributed by atoms with Crippen molar-refractivity contribution in [3.05, 3.63) is 65.7 Å². The van der Waals surface area contributed by atoms with Crippen LogP contribution in [-0.2, 0) is 22.6 Å². The van der Waals surface area contributed by atoms with Crippen LogP contribution >= 0.6 is 0 Å².